The van der Waals surface area contributed by atoms with E-state index in [0.29, 0.717) is 35.4 Å². The second-order valence-corrected chi connectivity index (χ2v) is 6.92. The number of carbonyl (C=O) groups is 1. The monoisotopic (exact) mass is 417 g/mol. The Balaban J connectivity index is 1.58. The molecule has 1 aromatic heterocycles. The Morgan fingerprint density at radius 3 is 2.60 bits per heavy atom. The van der Waals surface area contributed by atoms with E-state index in [1.54, 1.807) is 30.3 Å². The normalized spacial score (nSPS) is 19.0. The fourth-order valence-corrected chi connectivity index (χ4v) is 3.67. The van der Waals surface area contributed by atoms with E-state index in [9.17, 15) is 18.0 Å². The van der Waals surface area contributed by atoms with Gasteiger partial charge >= 0.3 is 6.36 Å². The minimum absolute atomic E-state index is 0.00530. The predicted octanol–water partition coefficient (Wildman–Crippen LogP) is 2.79. The number of nitrogens with two attached hydrogens (primary N) is 1. The summed E-state index contributed by atoms with van der Waals surface area (Å²) in [4.78, 5) is 20.2. The van der Waals surface area contributed by atoms with Gasteiger partial charge in [-0.2, -0.15) is 0 Å². The van der Waals surface area contributed by atoms with Gasteiger partial charge in [-0.05, 0) is 29.8 Å². The number of hydrogen-bond acceptors (Lipinski definition) is 6. The van der Waals surface area contributed by atoms with Crippen LogP contribution in [0.25, 0.3) is 10.9 Å². The zero-order valence-electron chi connectivity index (χ0n) is 15.6. The van der Waals surface area contributed by atoms with Crippen LogP contribution in [0.4, 0.5) is 19.0 Å². The molecule has 1 fully saturated rings. The van der Waals surface area contributed by atoms with Crippen molar-refractivity contribution in [2.24, 2.45) is 5.73 Å². The van der Waals surface area contributed by atoms with Gasteiger partial charge in [0, 0.05) is 30.4 Å². The molecule has 0 bridgehead atoms. The largest absolute Gasteiger partial charge is 0.573 e. The summed E-state index contributed by atoms with van der Waals surface area (Å²) in [5, 5.41) is 7.32. The van der Waals surface area contributed by atoms with Crippen molar-refractivity contribution in [1.82, 2.24) is 15.3 Å². The van der Waals surface area contributed by atoms with Crippen LogP contribution in [-0.2, 0) is 0 Å². The highest BCUT2D eigenvalue weighted by atomic mass is 19.4. The van der Waals surface area contributed by atoms with E-state index >= 15 is 0 Å². The molecule has 0 radical (unpaired) electrons. The molecule has 30 heavy (non-hydrogen) atoms. The van der Waals surface area contributed by atoms with Crippen LogP contribution in [0.15, 0.2) is 48.8 Å². The number of anilines is 1. The van der Waals surface area contributed by atoms with Crippen LogP contribution in [0.5, 0.6) is 5.75 Å². The maximum absolute atomic E-state index is 12.4. The quantitative estimate of drug-likeness (QED) is 0.590. The molecular weight excluding hydrogens is 399 g/mol. The maximum atomic E-state index is 12.4. The summed E-state index contributed by atoms with van der Waals surface area (Å²) >= 11 is 0. The molecular formula is C20H18F3N5O2. The van der Waals surface area contributed by atoms with Crippen molar-refractivity contribution in [1.29, 1.82) is 0 Å². The van der Waals surface area contributed by atoms with Crippen LogP contribution in [0.3, 0.4) is 0 Å². The average Bonchev–Trinajstić information content (AvgIpc) is 3.15. The van der Waals surface area contributed by atoms with Crippen LogP contribution >= 0.6 is 0 Å². The van der Waals surface area contributed by atoms with Gasteiger partial charge in [0.1, 0.15) is 17.9 Å². The van der Waals surface area contributed by atoms with Crippen molar-refractivity contribution in [2.45, 2.75) is 18.3 Å². The third-order valence-electron chi connectivity index (χ3n) is 5.01. The molecule has 1 amide bonds. The summed E-state index contributed by atoms with van der Waals surface area (Å²) in [6.07, 6.45) is -3.36. The highest BCUT2D eigenvalue weighted by molar-refractivity contribution is 6.06. The van der Waals surface area contributed by atoms with Crippen molar-refractivity contribution in [3.63, 3.8) is 0 Å². The summed E-state index contributed by atoms with van der Waals surface area (Å²) in [6, 6.07) is 10.9. The first-order valence-electron chi connectivity index (χ1n) is 9.18. The second-order valence-electron chi connectivity index (χ2n) is 6.92. The van der Waals surface area contributed by atoms with Crippen molar-refractivity contribution in [3.05, 3.63) is 59.9 Å². The molecule has 2 aromatic carbocycles. The van der Waals surface area contributed by atoms with E-state index in [2.05, 4.69) is 25.3 Å². The van der Waals surface area contributed by atoms with E-state index in [1.807, 2.05) is 0 Å². The first kappa shape index (κ1) is 19.9. The molecule has 10 heteroatoms. The molecule has 7 nitrogen and oxygen atoms in total. The number of amides is 1. The first-order valence-corrected chi connectivity index (χ1v) is 9.18. The zero-order valence-corrected chi connectivity index (χ0v) is 15.6. The fourth-order valence-electron chi connectivity index (χ4n) is 3.67. The molecule has 4 N–H and O–H groups in total. The van der Waals surface area contributed by atoms with E-state index in [1.165, 1.54) is 18.5 Å². The minimum Gasteiger partial charge on any atom is -0.406 e. The third kappa shape index (κ3) is 4.13. The van der Waals surface area contributed by atoms with Crippen LogP contribution in [0, 0.1) is 0 Å². The van der Waals surface area contributed by atoms with Crippen LogP contribution in [0.2, 0.25) is 0 Å². The minimum atomic E-state index is -4.72. The SMILES string of the molecule is NC(=O)c1cccc2c(N[C@@H]3CNCC3c3ccc(OC(F)(F)F)cc3)ncnc12. The number of hydrogen-bond donors (Lipinski definition) is 3. The van der Waals surface area contributed by atoms with Gasteiger partial charge in [-0.3, -0.25) is 4.79 Å². The Kier molecular flexibility index (Phi) is 5.17. The van der Waals surface area contributed by atoms with Gasteiger partial charge in [0.05, 0.1) is 11.1 Å². The zero-order chi connectivity index (χ0) is 21.3. The fraction of sp³-hybridized carbons (Fsp3) is 0.250. The van der Waals surface area contributed by atoms with Crippen LogP contribution in [0.1, 0.15) is 21.8 Å². The van der Waals surface area contributed by atoms with Gasteiger partial charge < -0.3 is 21.1 Å². The topological polar surface area (TPSA) is 102 Å². The van der Waals surface area contributed by atoms with Gasteiger partial charge in [-0.25, -0.2) is 9.97 Å². The number of alkyl halides is 3. The number of fused-ring (bicyclic) bond motifs is 1. The number of halogens is 3. The Labute approximate surface area is 169 Å². The van der Waals surface area contributed by atoms with E-state index in [0.717, 1.165) is 5.56 Å². The highest BCUT2D eigenvalue weighted by Gasteiger charge is 2.32. The van der Waals surface area contributed by atoms with Crippen molar-refractivity contribution < 1.29 is 22.7 Å². The van der Waals surface area contributed by atoms with Gasteiger partial charge in [0.25, 0.3) is 5.91 Å². The van der Waals surface area contributed by atoms with Gasteiger partial charge in [0.15, 0.2) is 0 Å². The van der Waals surface area contributed by atoms with Gasteiger partial charge in [0.2, 0.25) is 0 Å². The van der Waals surface area contributed by atoms with Gasteiger partial charge in [-0.15, -0.1) is 13.2 Å². The number of primary amides is 1. The molecule has 3 aromatic rings. The van der Waals surface area contributed by atoms with E-state index in [-0.39, 0.29) is 17.7 Å². The molecule has 1 unspecified atom stereocenters. The van der Waals surface area contributed by atoms with Crippen LogP contribution < -0.4 is 21.1 Å². The number of benzene rings is 2. The second kappa shape index (κ2) is 7.79. The summed E-state index contributed by atoms with van der Waals surface area (Å²) in [5.41, 5.74) is 7.06. The Bertz CT molecular complexity index is 1070. The number of carbonyl (C=O) groups excluding carboxylic acids is 1. The predicted molar refractivity (Wildman–Crippen MR) is 104 cm³/mol. The lowest BCUT2D eigenvalue weighted by atomic mass is 9.94. The smallest absolute Gasteiger partial charge is 0.406 e. The van der Waals surface area contributed by atoms with Crippen LogP contribution in [-0.4, -0.2) is 41.4 Å². The molecule has 1 saturated heterocycles. The van der Waals surface area contributed by atoms with Gasteiger partial charge in [-0.1, -0.05) is 18.2 Å². The molecule has 4 rings (SSSR count). The summed E-state index contributed by atoms with van der Waals surface area (Å²) in [5.74, 6) is -0.289. The van der Waals surface area contributed by atoms with E-state index in [4.69, 9.17) is 5.73 Å². The Morgan fingerprint density at radius 1 is 1.13 bits per heavy atom. The number of nitrogens with zero attached hydrogens (tertiary/aromatic N) is 2. The number of para-hydroxylation sites is 1. The standard InChI is InChI=1S/C20H18F3N5O2/c21-20(22,23)30-12-6-4-11(5-7-12)15-8-25-9-16(15)28-19-14-3-1-2-13(18(24)29)17(14)26-10-27-19/h1-7,10,15-16,25H,8-9H2,(H2,24,29)(H,26,27,28)/t15?,16-/m1/s1. The van der Waals surface area contributed by atoms with Crippen molar-refractivity contribution >= 4 is 22.6 Å². The highest BCUT2D eigenvalue weighted by Crippen LogP contribution is 2.30. The molecule has 2 heterocycles. The van der Waals surface area contributed by atoms with Crippen molar-refractivity contribution in [2.75, 3.05) is 18.4 Å². The molecule has 1 aliphatic heterocycles. The average molecular weight is 417 g/mol. The van der Waals surface area contributed by atoms with Crippen molar-refractivity contribution in [3.8, 4) is 5.75 Å². The summed E-state index contributed by atoms with van der Waals surface area (Å²) < 4.78 is 41.0. The molecule has 0 aliphatic carbocycles. The number of rotatable bonds is 5. The Hall–Kier alpha value is -3.40. The molecule has 0 spiro atoms. The lowest BCUT2D eigenvalue weighted by Crippen LogP contribution is -2.28. The summed E-state index contributed by atoms with van der Waals surface area (Å²) in [6.45, 7) is 1.28. The third-order valence-corrected chi connectivity index (χ3v) is 5.01. The van der Waals surface area contributed by atoms with E-state index < -0.39 is 12.3 Å². The lowest BCUT2D eigenvalue weighted by molar-refractivity contribution is -0.274. The molecule has 0 saturated carbocycles. The summed E-state index contributed by atoms with van der Waals surface area (Å²) in [7, 11) is 0. The Morgan fingerprint density at radius 2 is 1.90 bits per heavy atom. The molecule has 156 valence electrons. The number of ether oxygens (including phenoxy) is 1. The lowest BCUT2D eigenvalue weighted by Gasteiger charge is -2.22. The number of nitrogens with one attached hydrogen (secondary N) is 2. The first-order chi connectivity index (χ1) is 14.3. The molecule has 1 aliphatic rings. The maximum Gasteiger partial charge on any atom is 0.573 e. The molecule has 2 atom stereocenters. The number of aromatic nitrogens is 2.